The summed E-state index contributed by atoms with van der Waals surface area (Å²) >= 11 is 0. The van der Waals surface area contributed by atoms with Crippen LogP contribution in [0.3, 0.4) is 0 Å². The highest BCUT2D eigenvalue weighted by atomic mass is 16.6. The van der Waals surface area contributed by atoms with E-state index in [-0.39, 0.29) is 12.0 Å². The Labute approximate surface area is 153 Å². The molecule has 26 heavy (non-hydrogen) atoms. The van der Waals surface area contributed by atoms with Gasteiger partial charge in [0.05, 0.1) is 6.54 Å². The Hall–Kier alpha value is -2.73. The van der Waals surface area contributed by atoms with Gasteiger partial charge in [-0.2, -0.15) is 0 Å². The Kier molecular flexibility index (Phi) is 5.96. The number of nitrogens with one attached hydrogen (secondary N) is 1. The van der Waals surface area contributed by atoms with Crippen LogP contribution in [0.1, 0.15) is 10.4 Å². The van der Waals surface area contributed by atoms with Crippen molar-refractivity contribution in [3.63, 3.8) is 0 Å². The van der Waals surface area contributed by atoms with Gasteiger partial charge < -0.3 is 24.4 Å². The third-order valence-corrected chi connectivity index (χ3v) is 3.98. The summed E-state index contributed by atoms with van der Waals surface area (Å²) in [5.41, 5.74) is 0.585. The van der Waals surface area contributed by atoms with E-state index in [1.165, 1.54) is 0 Å². The highest BCUT2D eigenvalue weighted by molar-refractivity contribution is 5.94. The van der Waals surface area contributed by atoms with Crippen molar-refractivity contribution in [2.45, 2.75) is 6.10 Å². The fraction of sp³-hybridized carbons (Fsp3) is 0.350. The van der Waals surface area contributed by atoms with Gasteiger partial charge in [0.25, 0.3) is 5.91 Å². The molecule has 2 aromatic rings. The third kappa shape index (κ3) is 4.89. The molecule has 1 atom stereocenters. The van der Waals surface area contributed by atoms with Crippen LogP contribution in [-0.4, -0.2) is 57.3 Å². The van der Waals surface area contributed by atoms with Gasteiger partial charge in [-0.15, -0.1) is 0 Å². The van der Waals surface area contributed by atoms with Gasteiger partial charge in [-0.25, -0.2) is 0 Å². The van der Waals surface area contributed by atoms with Crippen molar-refractivity contribution in [1.29, 1.82) is 0 Å². The van der Waals surface area contributed by atoms with E-state index in [1.807, 2.05) is 38.4 Å². The molecule has 0 fully saturated rings. The summed E-state index contributed by atoms with van der Waals surface area (Å²) in [7, 11) is 3.99. The topological polar surface area (TPSA) is 60.0 Å². The van der Waals surface area contributed by atoms with Crippen LogP contribution in [0.5, 0.6) is 17.2 Å². The monoisotopic (exact) mass is 356 g/mol. The Morgan fingerprint density at radius 2 is 1.88 bits per heavy atom. The summed E-state index contributed by atoms with van der Waals surface area (Å²) in [6.07, 6.45) is -0.206. The number of ether oxygens (including phenoxy) is 3. The van der Waals surface area contributed by atoms with Crippen molar-refractivity contribution < 1.29 is 19.0 Å². The predicted molar refractivity (Wildman–Crippen MR) is 99.2 cm³/mol. The number of amides is 1. The first-order chi connectivity index (χ1) is 12.6. The van der Waals surface area contributed by atoms with Crippen molar-refractivity contribution in [3.8, 4) is 17.2 Å². The molecule has 6 nitrogen and oxygen atoms in total. The maximum atomic E-state index is 12.3. The van der Waals surface area contributed by atoms with Gasteiger partial charge in [-0.05, 0) is 50.5 Å². The average molecular weight is 356 g/mol. The van der Waals surface area contributed by atoms with E-state index in [2.05, 4.69) is 10.2 Å². The van der Waals surface area contributed by atoms with Gasteiger partial charge in [0.1, 0.15) is 25.1 Å². The fourth-order valence-corrected chi connectivity index (χ4v) is 2.52. The molecule has 1 heterocycles. The number of hydrogen-bond donors (Lipinski definition) is 1. The molecular formula is C20H24N2O4. The van der Waals surface area contributed by atoms with E-state index in [1.54, 1.807) is 24.3 Å². The van der Waals surface area contributed by atoms with Crippen molar-refractivity contribution >= 4 is 5.91 Å². The maximum absolute atomic E-state index is 12.3. The number of hydrogen-bond acceptors (Lipinski definition) is 5. The zero-order valence-electron chi connectivity index (χ0n) is 15.1. The first kappa shape index (κ1) is 18.1. The molecule has 2 aromatic carbocycles. The number of fused-ring (bicyclic) bond motifs is 1. The molecule has 6 heteroatoms. The summed E-state index contributed by atoms with van der Waals surface area (Å²) in [4.78, 5) is 14.3. The molecule has 0 saturated carbocycles. The van der Waals surface area contributed by atoms with Gasteiger partial charge in [-0.3, -0.25) is 4.79 Å². The Morgan fingerprint density at radius 1 is 1.15 bits per heavy atom. The molecule has 1 aliphatic rings. The average Bonchev–Trinajstić information content (AvgIpc) is 2.66. The number of likely N-dealkylation sites (N-methyl/N-ethyl adjacent to an activating group) is 1. The van der Waals surface area contributed by atoms with E-state index in [9.17, 15) is 4.79 Å². The summed E-state index contributed by atoms with van der Waals surface area (Å²) in [6.45, 7) is 2.25. The lowest BCUT2D eigenvalue weighted by Gasteiger charge is -2.26. The molecule has 0 saturated heterocycles. The summed E-state index contributed by atoms with van der Waals surface area (Å²) in [5.74, 6) is 2.05. The van der Waals surface area contributed by atoms with Gasteiger partial charge in [0, 0.05) is 12.1 Å². The molecule has 0 aromatic heterocycles. The fourth-order valence-electron chi connectivity index (χ4n) is 2.52. The van der Waals surface area contributed by atoms with E-state index in [0.29, 0.717) is 31.1 Å². The minimum atomic E-state index is -0.206. The second-order valence-corrected chi connectivity index (χ2v) is 6.38. The molecule has 138 valence electrons. The number of benzene rings is 2. The first-order valence-corrected chi connectivity index (χ1v) is 8.66. The third-order valence-electron chi connectivity index (χ3n) is 3.98. The summed E-state index contributed by atoms with van der Waals surface area (Å²) < 4.78 is 17.1. The molecule has 0 spiro atoms. The molecule has 1 amide bonds. The van der Waals surface area contributed by atoms with Crippen LogP contribution >= 0.6 is 0 Å². The van der Waals surface area contributed by atoms with E-state index >= 15 is 0 Å². The van der Waals surface area contributed by atoms with Gasteiger partial charge in [-0.1, -0.05) is 12.1 Å². The van der Waals surface area contributed by atoms with Crippen LogP contribution in [0.15, 0.2) is 48.5 Å². The van der Waals surface area contributed by atoms with Gasteiger partial charge in [0.15, 0.2) is 11.5 Å². The lowest BCUT2D eigenvalue weighted by Crippen LogP contribution is -2.40. The highest BCUT2D eigenvalue weighted by Crippen LogP contribution is 2.30. The van der Waals surface area contributed by atoms with Crippen molar-refractivity contribution in [2.75, 3.05) is 40.4 Å². The van der Waals surface area contributed by atoms with Crippen molar-refractivity contribution in [2.24, 2.45) is 0 Å². The first-order valence-electron chi connectivity index (χ1n) is 8.66. The number of rotatable bonds is 7. The van der Waals surface area contributed by atoms with E-state index in [0.717, 1.165) is 18.0 Å². The van der Waals surface area contributed by atoms with Crippen LogP contribution in [0.4, 0.5) is 0 Å². The minimum Gasteiger partial charge on any atom is -0.492 e. The zero-order valence-corrected chi connectivity index (χ0v) is 15.1. The highest BCUT2D eigenvalue weighted by Gasteiger charge is 2.21. The lowest BCUT2D eigenvalue weighted by atomic mass is 10.2. The van der Waals surface area contributed by atoms with E-state index in [4.69, 9.17) is 14.2 Å². The second kappa shape index (κ2) is 8.58. The smallest absolute Gasteiger partial charge is 0.251 e. The molecule has 0 aliphatic carbocycles. The van der Waals surface area contributed by atoms with Crippen LogP contribution in [0, 0.1) is 0 Å². The SMILES string of the molecule is CN(C)CCOc1ccc(C(=O)NCC2COc3ccccc3O2)cc1. The number of nitrogens with zero attached hydrogens (tertiary/aromatic N) is 1. The summed E-state index contributed by atoms with van der Waals surface area (Å²) in [6, 6.07) is 14.7. The molecule has 1 N–H and O–H groups in total. The van der Waals surface area contributed by atoms with Crippen LogP contribution < -0.4 is 19.5 Å². The molecule has 1 aliphatic heterocycles. The Balaban J connectivity index is 1.46. The predicted octanol–water partition coefficient (Wildman–Crippen LogP) is 2.20. The quantitative estimate of drug-likeness (QED) is 0.824. The Bertz CT molecular complexity index is 731. The lowest BCUT2D eigenvalue weighted by molar-refractivity contribution is 0.0789. The van der Waals surface area contributed by atoms with Crippen molar-refractivity contribution in [3.05, 3.63) is 54.1 Å². The maximum Gasteiger partial charge on any atom is 0.251 e. The molecular weight excluding hydrogens is 332 g/mol. The van der Waals surface area contributed by atoms with Crippen LogP contribution in [0.25, 0.3) is 0 Å². The molecule has 3 rings (SSSR count). The number of carbonyl (C=O) groups excluding carboxylic acids is 1. The second-order valence-electron chi connectivity index (χ2n) is 6.38. The molecule has 0 bridgehead atoms. The van der Waals surface area contributed by atoms with Crippen LogP contribution in [-0.2, 0) is 0 Å². The summed E-state index contributed by atoms with van der Waals surface area (Å²) in [5, 5.41) is 2.89. The molecule has 1 unspecified atom stereocenters. The largest absolute Gasteiger partial charge is 0.492 e. The van der Waals surface area contributed by atoms with Gasteiger partial charge >= 0.3 is 0 Å². The number of para-hydroxylation sites is 2. The Morgan fingerprint density at radius 3 is 2.62 bits per heavy atom. The van der Waals surface area contributed by atoms with Gasteiger partial charge in [0.2, 0.25) is 0 Å². The minimum absolute atomic E-state index is 0.146. The zero-order chi connectivity index (χ0) is 18.4. The normalized spacial score (nSPS) is 15.6. The standard InChI is InChI=1S/C20H24N2O4/c1-22(2)11-12-24-16-9-7-15(8-10-16)20(23)21-13-17-14-25-18-5-3-4-6-19(18)26-17/h3-10,17H,11-14H2,1-2H3,(H,21,23). The number of carbonyl (C=O) groups is 1. The van der Waals surface area contributed by atoms with E-state index < -0.39 is 0 Å². The van der Waals surface area contributed by atoms with Crippen molar-refractivity contribution in [1.82, 2.24) is 10.2 Å². The molecule has 0 radical (unpaired) electrons. The van der Waals surface area contributed by atoms with Crippen LogP contribution in [0.2, 0.25) is 0 Å².